The molecule has 2 heterocycles. The predicted molar refractivity (Wildman–Crippen MR) is 185 cm³/mol. The first kappa shape index (κ1) is 36.7. The van der Waals surface area contributed by atoms with Gasteiger partial charge in [0.1, 0.15) is 12.6 Å². The van der Waals surface area contributed by atoms with Crippen LogP contribution in [0.3, 0.4) is 0 Å². The summed E-state index contributed by atoms with van der Waals surface area (Å²) in [5.41, 5.74) is 0. The third-order valence-electron chi connectivity index (χ3n) is 7.17. The summed E-state index contributed by atoms with van der Waals surface area (Å²) >= 11 is 6.91. The number of carbonyl (C=O) groups is 2. The van der Waals surface area contributed by atoms with Crippen molar-refractivity contribution in [2.45, 2.75) is 130 Å². The van der Waals surface area contributed by atoms with Gasteiger partial charge in [-0.2, -0.15) is 0 Å². The molecule has 0 bridgehead atoms. The van der Waals surface area contributed by atoms with Crippen molar-refractivity contribution in [1.82, 2.24) is 10.6 Å². The van der Waals surface area contributed by atoms with Crippen LogP contribution in [-0.2, 0) is 14.3 Å². The molecule has 0 aromatic carbocycles. The lowest BCUT2D eigenvalue weighted by molar-refractivity contribution is -0.132. The quantitative estimate of drug-likeness (QED) is 0.102. The fourth-order valence-electron chi connectivity index (χ4n) is 4.73. The molecule has 41 heavy (non-hydrogen) atoms. The molecule has 0 fully saturated rings. The number of nitrogens with one attached hydrogen (secondary N) is 2. The summed E-state index contributed by atoms with van der Waals surface area (Å²) in [6, 6.07) is -0.539. The Kier molecular flexibility index (Phi) is 21.4. The lowest BCUT2D eigenvalue weighted by atomic mass is 10.0. The smallest absolute Gasteiger partial charge is 0.246 e. The van der Waals surface area contributed by atoms with E-state index in [1.807, 2.05) is 13.8 Å². The van der Waals surface area contributed by atoms with Crippen LogP contribution in [0, 0.1) is 5.92 Å². The molecule has 0 saturated carbocycles. The lowest BCUT2D eigenvalue weighted by Crippen LogP contribution is -2.50. The third-order valence-corrected chi connectivity index (χ3v) is 12.2. The van der Waals surface area contributed by atoms with Gasteiger partial charge in [0.2, 0.25) is 11.8 Å². The summed E-state index contributed by atoms with van der Waals surface area (Å²) in [4.78, 5) is 26.3. The number of rotatable bonds is 24. The summed E-state index contributed by atoms with van der Waals surface area (Å²) in [5.74, 6) is -0.336. The summed E-state index contributed by atoms with van der Waals surface area (Å²) in [5, 5.41) is 12.2. The van der Waals surface area contributed by atoms with E-state index in [4.69, 9.17) is 4.74 Å². The Morgan fingerprint density at radius 3 is 1.83 bits per heavy atom. The van der Waals surface area contributed by atoms with E-state index in [9.17, 15) is 9.59 Å². The van der Waals surface area contributed by atoms with Gasteiger partial charge in [0, 0.05) is 11.4 Å². The number of hydrogen-bond donors (Lipinski definition) is 2. The molecule has 1 unspecified atom stereocenters. The molecular weight excluding hydrogens is 589 g/mol. The lowest BCUT2D eigenvalue weighted by Gasteiger charge is -2.21. The molecule has 0 aromatic rings. The van der Waals surface area contributed by atoms with Crippen molar-refractivity contribution in [3.8, 4) is 0 Å². The van der Waals surface area contributed by atoms with Gasteiger partial charge < -0.3 is 15.4 Å². The topological polar surface area (TPSA) is 67.4 Å². The average molecular weight is 643 g/mol. The van der Waals surface area contributed by atoms with Crippen LogP contribution in [0.15, 0.2) is 29.6 Å². The maximum Gasteiger partial charge on any atom is 0.246 e. The zero-order valence-corrected chi connectivity index (χ0v) is 28.9. The van der Waals surface area contributed by atoms with Gasteiger partial charge >= 0.3 is 0 Å². The van der Waals surface area contributed by atoms with Crippen LogP contribution in [0.2, 0.25) is 0 Å². The molecule has 234 valence electrons. The Hall–Kier alpha value is -0.480. The molecule has 2 aliphatic heterocycles. The van der Waals surface area contributed by atoms with Gasteiger partial charge in [0.15, 0.2) is 0 Å². The molecule has 2 aliphatic rings. The average Bonchev–Trinajstić information content (AvgIpc) is 3.66. The minimum Gasteiger partial charge on any atom is -0.366 e. The van der Waals surface area contributed by atoms with Gasteiger partial charge in [0.05, 0.1) is 15.1 Å². The van der Waals surface area contributed by atoms with E-state index in [-0.39, 0.29) is 24.3 Å². The number of thioether (sulfide) groups is 4. The van der Waals surface area contributed by atoms with E-state index in [2.05, 4.69) is 33.8 Å². The van der Waals surface area contributed by atoms with Crippen LogP contribution in [0.5, 0.6) is 0 Å². The van der Waals surface area contributed by atoms with Crippen LogP contribution in [0.4, 0.5) is 0 Å². The molecule has 2 N–H and O–H groups in total. The van der Waals surface area contributed by atoms with Crippen LogP contribution in [0.1, 0.15) is 124 Å². The minimum atomic E-state index is -0.539. The second-order valence-electron chi connectivity index (χ2n) is 11.3. The second-order valence-corrected chi connectivity index (χ2v) is 15.6. The zero-order valence-electron chi connectivity index (χ0n) is 25.7. The number of carbonyl (C=O) groups excluding carboxylic acids is 2. The van der Waals surface area contributed by atoms with Gasteiger partial charge in [0.25, 0.3) is 0 Å². The van der Waals surface area contributed by atoms with Gasteiger partial charge in [-0.05, 0) is 28.6 Å². The summed E-state index contributed by atoms with van der Waals surface area (Å²) in [6.07, 6.45) is 21.4. The summed E-state index contributed by atoms with van der Waals surface area (Å²) < 4.78 is 8.22. The molecule has 2 amide bonds. The van der Waals surface area contributed by atoms with Gasteiger partial charge in [-0.25, -0.2) is 0 Å². The molecular formula is C32H54N2O3S4. The monoisotopic (exact) mass is 642 g/mol. The first-order valence-electron chi connectivity index (χ1n) is 15.9. The van der Waals surface area contributed by atoms with E-state index in [1.165, 1.54) is 98.4 Å². The number of unbranched alkanes of at least 4 members (excludes halogenated alkanes) is 15. The molecule has 9 heteroatoms. The van der Waals surface area contributed by atoms with E-state index in [1.54, 1.807) is 47.0 Å². The van der Waals surface area contributed by atoms with Crippen LogP contribution in [-0.4, -0.2) is 37.6 Å². The Labute approximate surface area is 267 Å². The molecule has 1 atom stereocenters. The highest BCUT2D eigenvalue weighted by molar-refractivity contribution is 8.33. The largest absolute Gasteiger partial charge is 0.366 e. The predicted octanol–water partition coefficient (Wildman–Crippen LogP) is 9.92. The maximum absolute atomic E-state index is 12.7. The Morgan fingerprint density at radius 1 is 0.756 bits per heavy atom. The van der Waals surface area contributed by atoms with Crippen molar-refractivity contribution >= 4 is 58.9 Å². The zero-order chi connectivity index (χ0) is 29.5. The highest BCUT2D eigenvalue weighted by Crippen LogP contribution is 2.53. The SMILES string of the molecule is CCCCCCCCCCCCCCCCCCNC(=O)C(NC(=O)COCC1=CSC(=C2SC=CS2)S1)C(C)C. The first-order valence-corrected chi connectivity index (χ1v) is 19.4. The van der Waals surface area contributed by atoms with Crippen molar-refractivity contribution in [3.63, 3.8) is 0 Å². The van der Waals surface area contributed by atoms with E-state index >= 15 is 0 Å². The molecule has 0 spiro atoms. The van der Waals surface area contributed by atoms with Gasteiger partial charge in [-0.3, -0.25) is 9.59 Å². The minimum absolute atomic E-state index is 0.0124. The van der Waals surface area contributed by atoms with Crippen LogP contribution < -0.4 is 10.6 Å². The van der Waals surface area contributed by atoms with Crippen molar-refractivity contribution < 1.29 is 14.3 Å². The highest BCUT2D eigenvalue weighted by atomic mass is 32.2. The normalized spacial score (nSPS) is 15.6. The molecule has 0 radical (unpaired) electrons. The van der Waals surface area contributed by atoms with E-state index in [0.29, 0.717) is 13.2 Å². The fourth-order valence-corrected chi connectivity index (χ4v) is 9.15. The van der Waals surface area contributed by atoms with Crippen molar-refractivity contribution in [2.24, 2.45) is 5.92 Å². The summed E-state index contributed by atoms with van der Waals surface area (Å²) in [6.45, 7) is 7.22. The number of ether oxygens (including phenoxy) is 1. The van der Waals surface area contributed by atoms with Crippen LogP contribution >= 0.6 is 47.0 Å². The standard InChI is InChI=1S/C32H54N2O3S4/c1-4-5-6-7-8-9-10-11-12-13-14-15-16-17-18-19-20-33-30(36)29(26(2)3)34-28(35)24-37-23-27-25-40-32(41-27)31-38-21-22-39-31/h21-22,25-26,29H,4-20,23-24H2,1-3H3,(H,33,36)(H,34,35). The van der Waals surface area contributed by atoms with Crippen molar-refractivity contribution in [2.75, 3.05) is 19.8 Å². The molecule has 2 rings (SSSR count). The van der Waals surface area contributed by atoms with Gasteiger partial charge in [-0.1, -0.05) is 164 Å². The number of hydrogen-bond acceptors (Lipinski definition) is 7. The Balaban J connectivity index is 1.43. The summed E-state index contributed by atoms with van der Waals surface area (Å²) in [7, 11) is 0. The molecule has 5 nitrogen and oxygen atoms in total. The highest BCUT2D eigenvalue weighted by Gasteiger charge is 2.24. The molecule has 0 saturated heterocycles. The first-order chi connectivity index (χ1) is 20.0. The van der Waals surface area contributed by atoms with Gasteiger partial charge in [-0.15, -0.1) is 0 Å². The Morgan fingerprint density at radius 2 is 1.29 bits per heavy atom. The fraction of sp³-hybridized carbons (Fsp3) is 0.750. The van der Waals surface area contributed by atoms with Crippen molar-refractivity contribution in [3.05, 3.63) is 29.6 Å². The molecule has 0 aromatic heterocycles. The second kappa shape index (κ2) is 23.9. The van der Waals surface area contributed by atoms with Crippen molar-refractivity contribution in [1.29, 1.82) is 0 Å². The van der Waals surface area contributed by atoms with E-state index < -0.39 is 6.04 Å². The molecule has 0 aliphatic carbocycles. The van der Waals surface area contributed by atoms with E-state index in [0.717, 1.165) is 17.7 Å². The maximum atomic E-state index is 12.7. The Bertz CT molecular complexity index is 835. The third kappa shape index (κ3) is 17.4. The van der Waals surface area contributed by atoms with Crippen LogP contribution in [0.25, 0.3) is 0 Å². The number of amides is 2.